The molecule has 646 valence electrons. The fraction of sp³-hybridized carbons (Fsp3) is 0.897. The molecule has 4 saturated carbocycles. The van der Waals surface area contributed by atoms with E-state index in [2.05, 4.69) is 61.1 Å². The highest BCUT2D eigenvalue weighted by Crippen LogP contribution is 2.76. The summed E-state index contributed by atoms with van der Waals surface area (Å²) in [4.78, 5) is 29.6. The summed E-state index contributed by atoms with van der Waals surface area (Å²) < 4.78 is 89.7. The zero-order chi connectivity index (χ0) is 82.5. The monoisotopic (exact) mass is 1620 g/mol. The van der Waals surface area contributed by atoms with Gasteiger partial charge in [0.1, 0.15) is 141 Å². The molecule has 12 rings (SSSR count). The van der Waals surface area contributed by atoms with Crippen molar-refractivity contribution < 1.29 is 173 Å². The second kappa shape index (κ2) is 34.4. The number of allylic oxidation sites excluding steroid dienone is 3. The van der Waals surface area contributed by atoms with E-state index in [1.165, 1.54) is 19.9 Å². The predicted octanol–water partition coefficient (Wildman–Crippen LogP) is -2.76. The third-order valence-electron chi connectivity index (χ3n) is 28.2. The van der Waals surface area contributed by atoms with Gasteiger partial charge in [-0.2, -0.15) is 0 Å². The van der Waals surface area contributed by atoms with E-state index >= 15 is 4.79 Å². The molecule has 0 aromatic carbocycles. The molecule has 0 spiro atoms. The van der Waals surface area contributed by atoms with Crippen LogP contribution in [0.2, 0.25) is 0 Å². The van der Waals surface area contributed by atoms with Crippen molar-refractivity contribution >= 4 is 11.9 Å². The van der Waals surface area contributed by atoms with Gasteiger partial charge in [0.2, 0.25) is 6.29 Å². The zero-order valence-corrected chi connectivity index (χ0v) is 65.9. The van der Waals surface area contributed by atoms with Crippen LogP contribution in [0.3, 0.4) is 0 Å². The van der Waals surface area contributed by atoms with Crippen molar-refractivity contribution in [1.82, 2.24) is 0 Å². The summed E-state index contributed by atoms with van der Waals surface area (Å²) in [5.74, 6) is -1.77. The Kier molecular flexibility index (Phi) is 27.2. The number of esters is 2. The fourth-order valence-electron chi connectivity index (χ4n) is 20.7. The summed E-state index contributed by atoms with van der Waals surface area (Å²) in [6.45, 7) is 20.8. The summed E-state index contributed by atoms with van der Waals surface area (Å²) in [5, 5.41) is 198. The molecule has 11 fully saturated rings. The Morgan fingerprint density at radius 1 is 0.531 bits per heavy atom. The molecule has 12 aliphatic rings. The minimum atomic E-state index is -2.06. The maximum absolute atomic E-state index is 16.1. The molecule has 5 aliphatic carbocycles. The van der Waals surface area contributed by atoms with Crippen LogP contribution in [0.15, 0.2) is 36.0 Å². The van der Waals surface area contributed by atoms with Gasteiger partial charge in [-0.05, 0) is 143 Å². The smallest absolute Gasteiger partial charge is 0.333 e. The third kappa shape index (κ3) is 17.1. The number of carbonyl (C=O) groups is 2. The van der Waals surface area contributed by atoms with E-state index < -0.39 is 276 Å². The lowest BCUT2D eigenvalue weighted by Gasteiger charge is -2.71. The predicted molar refractivity (Wildman–Crippen MR) is 383 cm³/mol. The maximum Gasteiger partial charge on any atom is 0.333 e. The van der Waals surface area contributed by atoms with Crippen LogP contribution < -0.4 is 0 Å². The number of fused-ring (bicyclic) bond motifs is 7. The summed E-state index contributed by atoms with van der Waals surface area (Å²) >= 11 is 0. The van der Waals surface area contributed by atoms with Crippen molar-refractivity contribution in [1.29, 1.82) is 0 Å². The topological polar surface area (TPSA) is 537 Å². The average molecular weight is 1620 g/mol. The molecule has 113 heavy (non-hydrogen) atoms. The molecule has 7 saturated heterocycles. The van der Waals surface area contributed by atoms with E-state index in [1.807, 2.05) is 0 Å². The van der Waals surface area contributed by atoms with Gasteiger partial charge in [-0.25, -0.2) is 4.79 Å². The van der Waals surface area contributed by atoms with Crippen molar-refractivity contribution in [2.24, 2.45) is 50.2 Å². The van der Waals surface area contributed by atoms with Gasteiger partial charge < -0.3 is 163 Å². The first-order valence-corrected chi connectivity index (χ1v) is 39.9. The Morgan fingerprint density at radius 3 is 1.69 bits per heavy atom. The van der Waals surface area contributed by atoms with Gasteiger partial charge in [-0.3, -0.25) is 4.79 Å². The first kappa shape index (κ1) is 89.2. The van der Waals surface area contributed by atoms with Crippen LogP contribution in [0.4, 0.5) is 0 Å². The molecule has 0 bridgehead atoms. The highest BCUT2D eigenvalue weighted by Gasteiger charge is 2.71. The van der Waals surface area contributed by atoms with Gasteiger partial charge in [-0.1, -0.05) is 72.3 Å². The molecule has 7 heterocycles. The van der Waals surface area contributed by atoms with E-state index in [0.717, 1.165) is 18.4 Å². The van der Waals surface area contributed by atoms with Crippen molar-refractivity contribution in [3.8, 4) is 0 Å². The molecule has 18 N–H and O–H groups in total. The first-order valence-electron chi connectivity index (χ1n) is 39.9. The van der Waals surface area contributed by atoms with Crippen molar-refractivity contribution in [3.63, 3.8) is 0 Å². The molecule has 7 aliphatic heterocycles. The highest BCUT2D eigenvalue weighted by molar-refractivity contribution is 5.87. The molecule has 0 aromatic rings. The Hall–Kier alpha value is -3.08. The normalized spacial score (nSPS) is 50.6. The number of ether oxygens (including phenoxy) is 15. The minimum Gasteiger partial charge on any atom is -0.459 e. The number of hydrogen-bond donors (Lipinski definition) is 18. The molecular weight excluding hydrogens is 1500 g/mol. The lowest BCUT2D eigenvalue weighted by atomic mass is 9.33. The quantitative estimate of drug-likeness (QED) is 0.0226. The maximum atomic E-state index is 16.1. The summed E-state index contributed by atoms with van der Waals surface area (Å²) in [6, 6.07) is 0. The lowest BCUT2D eigenvalue weighted by Crippen LogP contribution is -2.67. The third-order valence-corrected chi connectivity index (χ3v) is 28.2. The number of aliphatic hydroxyl groups is 18. The SMILES string of the molecule is C=C[C@@](C)(O)CCC=C(C)C(=O)OC[C@H]1O[C@@H](OC(=O)[C@]23CCC(C)(C)C[C@H]2C2=CCC4[C@@]5(C)CC[C@H](O[C@@H]6O[C@H](CO[C@@H]7OC[C@H](O)[C@H](O)[C@H]7O[C@@H]7OC[C@@H](O)[C@H](O)[C@H]7O)[C@@H](O)[C@H](O)[C@H]6O)C(C)(C)C5CC[C@@]4(C)[C@]2(C)CC3)C(O[C@@H]2O[C@@H](C)[C@H](O[C@@H]3OC[C@@H](O)[C@H](O[C@@H]4OC[C@@H](O)[C@H](O)[C@H]4O)[C@H]3O)[C@@H](O)[C@H]2O)[C@@H](O)C1O. The van der Waals surface area contributed by atoms with Gasteiger partial charge >= 0.3 is 11.9 Å². The van der Waals surface area contributed by atoms with Crippen molar-refractivity contribution in [2.45, 2.75) is 349 Å². The molecule has 0 radical (unpaired) electrons. The van der Waals surface area contributed by atoms with Gasteiger partial charge in [-0.15, -0.1) is 6.58 Å². The standard InChI is InChI=1S/C78H124O35/c1-12-74(8,98)19-13-14-33(2)63(96)99-31-41-50(87)52(89)62(112-67-57(94)53(90)59(34(3)105-67)109-66-58(95)60(40(82)30-102-66)110-64-54(91)46(83)37(79)27-100-64)70(107-41)113-71(97)78-24-22-72(4,5)26-36(78)35-15-16-44-75(9)20-18-45(73(6,7)43(75)17-21-77(44,11)76(35,10)23-25-78)108-68-56(93)51(88)49(86)42(106-68)32-104-69-61(48(85)39(81)29-103-69)111-65-55(92)47(84)38(80)28-101-65/h12,14-15,34,36-62,64-70,79-95,98H,1,13,16-32H2,2-11H3/t34-,36-,37+,38+,39-,40+,41+,42+,43?,44?,45-,46-,47-,48-,49+,50?,51-,52-,53-,54+,55+,56+,57+,58+,59-,60-,61+,62?,64-,65-,66-,67-,68-,69-,70-,74+,75-,76+,77+,78-/m0/s1. The second-order valence-corrected chi connectivity index (χ2v) is 36.3. The van der Waals surface area contributed by atoms with E-state index in [1.54, 1.807) is 13.0 Å². The largest absolute Gasteiger partial charge is 0.459 e. The summed E-state index contributed by atoms with van der Waals surface area (Å²) in [7, 11) is 0. The number of rotatable bonds is 22. The molecule has 40 atom stereocenters. The first-order chi connectivity index (χ1) is 52.9. The molecular formula is C78H124O35. The molecule has 35 nitrogen and oxygen atoms in total. The van der Waals surface area contributed by atoms with Crippen LogP contribution in [0.1, 0.15) is 146 Å². The van der Waals surface area contributed by atoms with Crippen LogP contribution in [-0.2, 0) is 80.6 Å². The van der Waals surface area contributed by atoms with Crippen LogP contribution >= 0.6 is 0 Å². The van der Waals surface area contributed by atoms with Crippen molar-refractivity contribution in [2.75, 3.05) is 39.6 Å². The molecule has 0 aromatic heterocycles. The molecule has 0 amide bonds. The fourth-order valence-corrected chi connectivity index (χ4v) is 20.7. The van der Waals surface area contributed by atoms with E-state index in [-0.39, 0.29) is 46.5 Å². The van der Waals surface area contributed by atoms with Crippen LogP contribution in [-0.4, -0.2) is 346 Å². The molecule has 35 heteroatoms. The van der Waals surface area contributed by atoms with E-state index in [4.69, 9.17) is 71.1 Å². The van der Waals surface area contributed by atoms with Gasteiger partial charge in [0, 0.05) is 5.57 Å². The minimum absolute atomic E-state index is 0.0369. The summed E-state index contributed by atoms with van der Waals surface area (Å²) in [6.07, 6.45) is -40.8. The van der Waals surface area contributed by atoms with Crippen LogP contribution in [0, 0.1) is 50.2 Å². The summed E-state index contributed by atoms with van der Waals surface area (Å²) in [5.41, 5.74) is -3.12. The molecule has 4 unspecified atom stereocenters. The Balaban J connectivity index is 0.751. The highest BCUT2D eigenvalue weighted by atomic mass is 16.8. The van der Waals surface area contributed by atoms with Crippen LogP contribution in [0.5, 0.6) is 0 Å². The second-order valence-electron chi connectivity index (χ2n) is 36.3. The van der Waals surface area contributed by atoms with Crippen molar-refractivity contribution in [3.05, 3.63) is 36.0 Å². The van der Waals surface area contributed by atoms with Gasteiger partial charge in [0.05, 0.1) is 56.3 Å². The zero-order valence-electron chi connectivity index (χ0n) is 65.9. The number of carbonyl (C=O) groups excluding carboxylic acids is 2. The average Bonchev–Trinajstić information content (AvgIpc) is 0.674. The van der Waals surface area contributed by atoms with Gasteiger partial charge in [0.15, 0.2) is 43.8 Å². The van der Waals surface area contributed by atoms with E-state index in [0.29, 0.717) is 51.4 Å². The Labute approximate surface area is 656 Å². The number of hydrogen-bond acceptors (Lipinski definition) is 35. The Bertz CT molecular complexity index is 3330. The lowest BCUT2D eigenvalue weighted by molar-refractivity contribution is -0.379. The van der Waals surface area contributed by atoms with Gasteiger partial charge in [0.25, 0.3) is 0 Å². The number of aliphatic hydroxyl groups excluding tert-OH is 17. The Morgan fingerprint density at radius 2 is 1.04 bits per heavy atom. The van der Waals surface area contributed by atoms with Crippen LogP contribution in [0.25, 0.3) is 0 Å². The van der Waals surface area contributed by atoms with E-state index in [9.17, 15) is 96.7 Å².